The van der Waals surface area contributed by atoms with Gasteiger partial charge in [-0.2, -0.15) is 0 Å². The molecule has 3 aromatic rings. The minimum Gasteiger partial charge on any atom is -0.507 e. The Morgan fingerprint density at radius 1 is 0.574 bits per heavy atom. The molecule has 0 radical (unpaired) electrons. The number of nitrogens with one attached hydrogen (secondary N) is 2. The van der Waals surface area contributed by atoms with E-state index >= 15 is 0 Å². The molecule has 0 saturated carbocycles. The minimum atomic E-state index is -0.651. The van der Waals surface area contributed by atoms with Crippen LogP contribution in [0.15, 0.2) is 42.5 Å². The molecule has 3 aromatic carbocycles. The van der Waals surface area contributed by atoms with Crippen LogP contribution in [0.1, 0.15) is 122 Å². The predicted molar refractivity (Wildman–Crippen MR) is 190 cm³/mol. The van der Waals surface area contributed by atoms with E-state index in [0.717, 1.165) is 38.9 Å². The van der Waals surface area contributed by atoms with Crippen molar-refractivity contribution in [2.75, 3.05) is 10.6 Å². The third kappa shape index (κ3) is 9.66. The van der Waals surface area contributed by atoms with Gasteiger partial charge in [-0.15, -0.1) is 0 Å². The highest BCUT2D eigenvalue weighted by atomic mass is 16.6. The average Bonchev–Trinajstić information content (AvgIpc) is 2.91. The van der Waals surface area contributed by atoms with Crippen LogP contribution in [0, 0.1) is 6.92 Å². The first-order valence-electron chi connectivity index (χ1n) is 16.1. The molecule has 0 aliphatic rings. The molecule has 4 N–H and O–H groups in total. The van der Waals surface area contributed by atoms with Gasteiger partial charge in [-0.25, -0.2) is 9.59 Å². The largest absolute Gasteiger partial charge is 0.507 e. The normalized spacial score (nSPS) is 12.4. The topological polar surface area (TPSA) is 117 Å². The Morgan fingerprint density at radius 3 is 1.26 bits per heavy atom. The van der Waals surface area contributed by atoms with E-state index in [-0.39, 0.29) is 46.4 Å². The van der Waals surface area contributed by atoms with Crippen molar-refractivity contribution >= 4 is 23.6 Å². The van der Waals surface area contributed by atoms with Crippen molar-refractivity contribution < 1.29 is 29.3 Å². The van der Waals surface area contributed by atoms with Crippen molar-refractivity contribution in [2.24, 2.45) is 0 Å². The maximum absolute atomic E-state index is 12.9. The zero-order valence-electron chi connectivity index (χ0n) is 30.5. The molecule has 0 spiro atoms. The van der Waals surface area contributed by atoms with Crippen molar-refractivity contribution in [1.82, 2.24) is 0 Å². The summed E-state index contributed by atoms with van der Waals surface area (Å²) in [7, 11) is 0. The Labute approximate surface area is 280 Å². The fraction of sp³-hybridized carbons (Fsp3) is 0.487. The second-order valence-corrected chi connectivity index (χ2v) is 16.5. The van der Waals surface area contributed by atoms with E-state index in [4.69, 9.17) is 9.47 Å². The lowest BCUT2D eigenvalue weighted by atomic mass is 9.78. The van der Waals surface area contributed by atoms with E-state index in [1.54, 1.807) is 18.2 Å². The van der Waals surface area contributed by atoms with Crippen molar-refractivity contribution in [2.45, 2.75) is 125 Å². The Balaban J connectivity index is 1.70. The number of benzene rings is 3. The summed E-state index contributed by atoms with van der Waals surface area (Å²) in [6.07, 6.45) is -1.30. The van der Waals surface area contributed by atoms with Gasteiger partial charge in [-0.3, -0.25) is 10.6 Å². The number of hydrogen-bond donors (Lipinski definition) is 4. The van der Waals surface area contributed by atoms with Crippen molar-refractivity contribution in [3.63, 3.8) is 0 Å². The number of carbonyl (C=O) groups excluding carboxylic acids is 2. The summed E-state index contributed by atoms with van der Waals surface area (Å²) in [5.41, 5.74) is 5.21. The molecule has 8 nitrogen and oxygen atoms in total. The molecule has 0 fully saturated rings. The monoisotopic (exact) mass is 646 g/mol. The molecule has 8 heteroatoms. The van der Waals surface area contributed by atoms with Crippen LogP contribution in [0.3, 0.4) is 0 Å². The van der Waals surface area contributed by atoms with Crippen LogP contribution in [0.2, 0.25) is 0 Å². The number of phenols is 2. The first-order chi connectivity index (χ1) is 21.4. The summed E-state index contributed by atoms with van der Waals surface area (Å²) >= 11 is 0. The van der Waals surface area contributed by atoms with Gasteiger partial charge >= 0.3 is 12.2 Å². The molecule has 47 heavy (non-hydrogen) atoms. The van der Waals surface area contributed by atoms with Gasteiger partial charge in [0, 0.05) is 11.4 Å². The lowest BCUT2D eigenvalue weighted by molar-refractivity contribution is 0.154. The highest BCUT2D eigenvalue weighted by Crippen LogP contribution is 2.41. The fourth-order valence-electron chi connectivity index (χ4n) is 5.27. The molecule has 0 bridgehead atoms. The van der Waals surface area contributed by atoms with Gasteiger partial charge in [-0.1, -0.05) is 89.2 Å². The van der Waals surface area contributed by atoms with Crippen LogP contribution in [0.4, 0.5) is 21.0 Å². The number of hydrogen-bond acceptors (Lipinski definition) is 6. The van der Waals surface area contributed by atoms with Crippen LogP contribution in [0.25, 0.3) is 0 Å². The highest BCUT2D eigenvalue weighted by molar-refractivity contribution is 5.89. The minimum absolute atomic E-state index is 0.0205. The van der Waals surface area contributed by atoms with E-state index < -0.39 is 12.2 Å². The van der Waals surface area contributed by atoms with Crippen molar-refractivity contribution in [1.29, 1.82) is 0 Å². The number of phenolic OH excluding ortho intramolecular Hbond substituents is 2. The van der Waals surface area contributed by atoms with Gasteiger partial charge in [0.25, 0.3) is 0 Å². The second kappa shape index (κ2) is 13.5. The van der Waals surface area contributed by atoms with Crippen molar-refractivity contribution in [3.8, 4) is 11.5 Å². The molecule has 0 aliphatic heterocycles. The Kier molecular flexibility index (Phi) is 10.7. The summed E-state index contributed by atoms with van der Waals surface area (Å²) in [5.74, 6) is 0.535. The van der Waals surface area contributed by atoms with Crippen LogP contribution in [-0.2, 0) is 44.3 Å². The number of rotatable bonds is 6. The Bertz CT molecular complexity index is 1560. The zero-order valence-corrected chi connectivity index (χ0v) is 30.5. The molecule has 0 atom stereocenters. The maximum Gasteiger partial charge on any atom is 0.411 e. The van der Waals surface area contributed by atoms with Crippen molar-refractivity contribution in [3.05, 3.63) is 81.4 Å². The lowest BCUT2D eigenvalue weighted by Gasteiger charge is -2.28. The lowest BCUT2D eigenvalue weighted by Crippen LogP contribution is -2.19. The van der Waals surface area contributed by atoms with Crippen LogP contribution >= 0.6 is 0 Å². The van der Waals surface area contributed by atoms with E-state index in [9.17, 15) is 19.8 Å². The zero-order chi connectivity index (χ0) is 35.7. The van der Waals surface area contributed by atoms with Gasteiger partial charge < -0.3 is 19.7 Å². The molecule has 0 aliphatic carbocycles. The molecule has 0 saturated heterocycles. The molecule has 2 amide bonds. The molecule has 0 heterocycles. The average molecular weight is 647 g/mol. The van der Waals surface area contributed by atoms with Gasteiger partial charge in [0.1, 0.15) is 24.7 Å². The van der Waals surface area contributed by atoms with Crippen LogP contribution in [0.5, 0.6) is 11.5 Å². The summed E-state index contributed by atoms with van der Waals surface area (Å²) in [6, 6.07) is 12.7. The molecular formula is C39H54N2O6. The van der Waals surface area contributed by atoms with E-state index in [0.29, 0.717) is 11.4 Å². The van der Waals surface area contributed by atoms with Gasteiger partial charge in [0.05, 0.1) is 0 Å². The quantitative estimate of drug-likeness (QED) is 0.212. The number of anilines is 2. The molecule has 256 valence electrons. The van der Waals surface area contributed by atoms with E-state index in [2.05, 4.69) is 10.6 Å². The Hall–Kier alpha value is -4.20. The molecule has 0 unspecified atom stereocenters. The SMILES string of the molecule is Cc1ccc(NC(=O)OCc2cc(C(C)(C)C)c(O)c(C(C)(C)C)c2)cc1NC(=O)OCc1cc(C(C)(C)C)c(O)c(C(C)(C)C)c1. The highest BCUT2D eigenvalue weighted by Gasteiger charge is 2.28. The summed E-state index contributed by atoms with van der Waals surface area (Å²) in [4.78, 5) is 25.7. The number of ether oxygens (including phenoxy) is 2. The molecule has 3 rings (SSSR count). The smallest absolute Gasteiger partial charge is 0.411 e. The van der Waals surface area contributed by atoms with Gasteiger partial charge in [-0.05, 0) is 104 Å². The summed E-state index contributed by atoms with van der Waals surface area (Å²) < 4.78 is 11.1. The predicted octanol–water partition coefficient (Wildman–Crippen LogP) is 10.1. The third-order valence-electron chi connectivity index (χ3n) is 8.03. The molecule has 0 aromatic heterocycles. The van der Waals surface area contributed by atoms with E-state index in [1.165, 1.54) is 0 Å². The number of aromatic hydroxyl groups is 2. The van der Waals surface area contributed by atoms with Gasteiger partial charge in [0.15, 0.2) is 0 Å². The maximum atomic E-state index is 12.9. The van der Waals surface area contributed by atoms with Crippen LogP contribution < -0.4 is 10.6 Å². The van der Waals surface area contributed by atoms with E-state index in [1.807, 2.05) is 114 Å². The second-order valence-electron chi connectivity index (χ2n) is 16.5. The molecular weight excluding hydrogens is 592 g/mol. The fourth-order valence-corrected chi connectivity index (χ4v) is 5.27. The third-order valence-corrected chi connectivity index (χ3v) is 8.03. The number of aryl methyl sites for hydroxylation is 1. The summed E-state index contributed by atoms with van der Waals surface area (Å²) in [6.45, 7) is 26.3. The number of amides is 2. The van der Waals surface area contributed by atoms with Gasteiger partial charge in [0.2, 0.25) is 0 Å². The summed E-state index contributed by atoms with van der Waals surface area (Å²) in [5, 5.41) is 27.5. The Morgan fingerprint density at radius 2 is 0.915 bits per heavy atom. The first kappa shape index (κ1) is 37.3. The number of carbonyl (C=O) groups is 2. The standard InChI is InChI=1S/C39H54N2O6/c1-23-14-15-26(40-34(44)46-21-24-16-27(36(2,3)4)32(42)28(17-24)37(5,6)7)20-31(23)41-35(45)47-22-25-18-29(38(8,9)10)33(43)30(19-25)39(11,12)13/h14-20,42-43H,21-22H2,1-13H3,(H,40,44)(H,41,45). The van der Waals surface area contributed by atoms with Crippen LogP contribution in [-0.4, -0.2) is 22.4 Å². The first-order valence-corrected chi connectivity index (χ1v) is 16.1.